The van der Waals surface area contributed by atoms with Crippen LogP contribution in [0.15, 0.2) is 0 Å². The zero-order valence-electron chi connectivity index (χ0n) is 12.7. The Kier molecular flexibility index (Phi) is 14.2. The molecule has 0 heterocycles. The zero-order valence-corrected chi connectivity index (χ0v) is 12.7. The van der Waals surface area contributed by atoms with Crippen molar-refractivity contribution in [1.29, 1.82) is 0 Å². The molecule has 0 bridgehead atoms. The molecule has 0 aliphatic heterocycles. The maximum Gasteiger partial charge on any atom is 0.0433 e. The number of unbranched alkanes of at least 4 members (excludes halogenated alkanes) is 1. The highest BCUT2D eigenvalue weighted by molar-refractivity contribution is 4.63. The van der Waals surface area contributed by atoms with E-state index in [-0.39, 0.29) is 13.2 Å². The van der Waals surface area contributed by atoms with Gasteiger partial charge in [0.1, 0.15) is 0 Å². The fourth-order valence-electron chi connectivity index (χ4n) is 2.79. The van der Waals surface area contributed by atoms with E-state index in [1.165, 1.54) is 32.1 Å². The fraction of sp³-hybridized carbons (Fsp3) is 1.00. The van der Waals surface area contributed by atoms with Crippen LogP contribution >= 0.6 is 0 Å². The van der Waals surface area contributed by atoms with Gasteiger partial charge in [0.15, 0.2) is 0 Å². The molecule has 0 aliphatic carbocycles. The molecule has 0 saturated heterocycles. The van der Waals surface area contributed by atoms with Crippen molar-refractivity contribution in [3.05, 3.63) is 0 Å². The third-order valence-electron chi connectivity index (χ3n) is 4.13. The summed E-state index contributed by atoms with van der Waals surface area (Å²) in [5.74, 6) is 1.37. The van der Waals surface area contributed by atoms with Gasteiger partial charge in [-0.2, -0.15) is 0 Å². The van der Waals surface area contributed by atoms with Gasteiger partial charge in [0.2, 0.25) is 0 Å². The Hall–Kier alpha value is -0.120. The van der Waals surface area contributed by atoms with Gasteiger partial charge in [-0.25, -0.2) is 0 Å². The van der Waals surface area contributed by atoms with Crippen molar-refractivity contribution < 1.29 is 15.3 Å². The highest BCUT2D eigenvalue weighted by atomic mass is 16.3. The molecular weight excluding hydrogens is 240 g/mol. The van der Waals surface area contributed by atoms with Gasteiger partial charge in [0.25, 0.3) is 0 Å². The van der Waals surface area contributed by atoms with E-state index in [2.05, 4.69) is 6.92 Å². The minimum atomic E-state index is 0.265. The summed E-state index contributed by atoms with van der Waals surface area (Å²) in [5, 5.41) is 26.7. The fourth-order valence-corrected chi connectivity index (χ4v) is 2.79. The second-order valence-electron chi connectivity index (χ2n) is 5.67. The lowest BCUT2D eigenvalue weighted by molar-refractivity contribution is 0.222. The van der Waals surface area contributed by atoms with Crippen molar-refractivity contribution in [3.63, 3.8) is 0 Å². The number of aliphatic hydroxyl groups excluding tert-OH is 3. The molecule has 0 rings (SSSR count). The lowest BCUT2D eigenvalue weighted by Gasteiger charge is -2.18. The first kappa shape index (κ1) is 18.9. The summed E-state index contributed by atoms with van der Waals surface area (Å²) < 4.78 is 0. The summed E-state index contributed by atoms with van der Waals surface area (Å²) in [7, 11) is 0. The van der Waals surface area contributed by atoms with E-state index in [1.807, 2.05) is 0 Å². The Morgan fingerprint density at radius 2 is 1.16 bits per heavy atom. The van der Waals surface area contributed by atoms with E-state index in [4.69, 9.17) is 15.3 Å². The van der Waals surface area contributed by atoms with Gasteiger partial charge in [-0.3, -0.25) is 0 Å². The van der Waals surface area contributed by atoms with Crippen molar-refractivity contribution in [2.45, 2.75) is 71.1 Å². The zero-order chi connectivity index (χ0) is 14.3. The minimum Gasteiger partial charge on any atom is -0.396 e. The van der Waals surface area contributed by atoms with Crippen LogP contribution in [0.1, 0.15) is 71.1 Å². The van der Waals surface area contributed by atoms with Crippen molar-refractivity contribution in [2.75, 3.05) is 19.8 Å². The van der Waals surface area contributed by atoms with Crippen molar-refractivity contribution in [1.82, 2.24) is 0 Å². The van der Waals surface area contributed by atoms with Crippen LogP contribution in [-0.2, 0) is 0 Å². The average Bonchev–Trinajstić information content (AvgIpc) is 2.43. The summed E-state index contributed by atoms with van der Waals surface area (Å²) in [4.78, 5) is 0. The van der Waals surface area contributed by atoms with E-state index >= 15 is 0 Å². The number of rotatable bonds is 14. The van der Waals surface area contributed by atoms with E-state index in [0.29, 0.717) is 12.5 Å². The SMILES string of the molecule is CCC(CCCCO)CCCC(CCO)CCCO. The number of hydrogen-bond donors (Lipinski definition) is 3. The Labute approximate surface area is 119 Å². The van der Waals surface area contributed by atoms with Gasteiger partial charge in [-0.05, 0) is 37.5 Å². The molecule has 0 radical (unpaired) electrons. The first-order valence-corrected chi connectivity index (χ1v) is 8.11. The first-order valence-electron chi connectivity index (χ1n) is 8.11. The van der Waals surface area contributed by atoms with Gasteiger partial charge in [-0.15, -0.1) is 0 Å². The molecule has 0 aromatic carbocycles. The van der Waals surface area contributed by atoms with Crippen LogP contribution < -0.4 is 0 Å². The van der Waals surface area contributed by atoms with Crippen molar-refractivity contribution in [2.24, 2.45) is 11.8 Å². The van der Waals surface area contributed by atoms with Gasteiger partial charge in [0, 0.05) is 19.8 Å². The lowest BCUT2D eigenvalue weighted by atomic mass is 9.89. The smallest absolute Gasteiger partial charge is 0.0433 e. The minimum absolute atomic E-state index is 0.265. The molecule has 3 N–H and O–H groups in total. The second kappa shape index (κ2) is 14.3. The molecule has 0 amide bonds. The molecule has 3 nitrogen and oxygen atoms in total. The highest BCUT2D eigenvalue weighted by Gasteiger charge is 2.10. The van der Waals surface area contributed by atoms with Crippen LogP contribution in [0.3, 0.4) is 0 Å². The summed E-state index contributed by atoms with van der Waals surface area (Å²) in [6.45, 7) is 3.10. The van der Waals surface area contributed by atoms with Crippen LogP contribution in [0.2, 0.25) is 0 Å². The summed E-state index contributed by atoms with van der Waals surface area (Å²) >= 11 is 0. The molecule has 0 spiro atoms. The third-order valence-corrected chi connectivity index (χ3v) is 4.13. The Balaban J connectivity index is 3.73. The highest BCUT2D eigenvalue weighted by Crippen LogP contribution is 2.24. The van der Waals surface area contributed by atoms with E-state index < -0.39 is 0 Å². The van der Waals surface area contributed by atoms with Crippen molar-refractivity contribution in [3.8, 4) is 0 Å². The molecule has 0 aromatic heterocycles. The van der Waals surface area contributed by atoms with Crippen molar-refractivity contribution >= 4 is 0 Å². The maximum absolute atomic E-state index is 9.05. The first-order chi connectivity index (χ1) is 9.28. The van der Waals surface area contributed by atoms with Crippen LogP contribution in [0.4, 0.5) is 0 Å². The summed E-state index contributed by atoms with van der Waals surface area (Å²) in [6.07, 6.45) is 11.0. The van der Waals surface area contributed by atoms with Crippen LogP contribution in [-0.4, -0.2) is 35.1 Å². The second-order valence-corrected chi connectivity index (χ2v) is 5.67. The molecule has 0 fully saturated rings. The monoisotopic (exact) mass is 274 g/mol. The van der Waals surface area contributed by atoms with Gasteiger partial charge in [-0.1, -0.05) is 45.4 Å². The largest absolute Gasteiger partial charge is 0.396 e. The molecule has 2 unspecified atom stereocenters. The quantitative estimate of drug-likeness (QED) is 0.427. The maximum atomic E-state index is 9.05. The Morgan fingerprint density at radius 1 is 0.579 bits per heavy atom. The summed E-state index contributed by atoms with van der Waals surface area (Å²) in [5.41, 5.74) is 0. The van der Waals surface area contributed by atoms with E-state index in [9.17, 15) is 0 Å². The third kappa shape index (κ3) is 11.4. The normalized spacial score (nSPS) is 14.5. The van der Waals surface area contributed by atoms with E-state index in [1.54, 1.807) is 0 Å². The molecule has 0 aliphatic rings. The average molecular weight is 274 g/mol. The lowest BCUT2D eigenvalue weighted by Crippen LogP contribution is -2.06. The number of hydrogen-bond acceptors (Lipinski definition) is 3. The topological polar surface area (TPSA) is 60.7 Å². The molecule has 0 aromatic rings. The molecule has 3 heteroatoms. The molecular formula is C16H34O3. The van der Waals surface area contributed by atoms with Crippen LogP contribution in [0.5, 0.6) is 0 Å². The van der Waals surface area contributed by atoms with Crippen LogP contribution in [0, 0.1) is 11.8 Å². The van der Waals surface area contributed by atoms with Gasteiger partial charge in [0.05, 0.1) is 0 Å². The van der Waals surface area contributed by atoms with Crippen LogP contribution in [0.25, 0.3) is 0 Å². The van der Waals surface area contributed by atoms with Gasteiger partial charge >= 0.3 is 0 Å². The molecule has 19 heavy (non-hydrogen) atoms. The predicted molar refractivity (Wildman–Crippen MR) is 80.1 cm³/mol. The summed E-state index contributed by atoms with van der Waals surface area (Å²) in [6, 6.07) is 0. The molecule has 116 valence electrons. The van der Waals surface area contributed by atoms with E-state index in [0.717, 1.165) is 38.0 Å². The number of aliphatic hydroxyl groups is 3. The Morgan fingerprint density at radius 3 is 1.74 bits per heavy atom. The standard InChI is InChI=1S/C16H34O3/c1-2-15(7-3-4-12-17)8-5-9-16(11-14-19)10-6-13-18/h15-19H,2-14H2,1H3. The molecule has 0 saturated carbocycles. The predicted octanol–water partition coefficient (Wildman–Crippen LogP) is 3.12. The van der Waals surface area contributed by atoms with Gasteiger partial charge < -0.3 is 15.3 Å². The Bertz CT molecular complexity index is 173. The molecule has 2 atom stereocenters.